The number of hydrogen-bond acceptors (Lipinski definition) is 2. The molecular weight excluding hydrogens is 320 g/mol. The molecule has 0 radical (unpaired) electrons. The van der Waals surface area contributed by atoms with Crippen molar-refractivity contribution in [3.63, 3.8) is 0 Å². The molecule has 1 aromatic carbocycles. The van der Waals surface area contributed by atoms with Crippen molar-refractivity contribution in [1.29, 1.82) is 0 Å². The Kier molecular flexibility index (Phi) is 7.36. The first kappa shape index (κ1) is 19.2. The summed E-state index contributed by atoms with van der Waals surface area (Å²) in [6.45, 7) is 9.36. The van der Waals surface area contributed by atoms with E-state index in [-0.39, 0.29) is 0 Å². The predicted octanol–water partition coefficient (Wildman–Crippen LogP) is 3.25. The summed E-state index contributed by atoms with van der Waals surface area (Å²) in [7, 11) is 1.93. The first-order valence-corrected chi connectivity index (χ1v) is 10.5. The average Bonchev–Trinajstić information content (AvgIpc) is 3.12. The van der Waals surface area contributed by atoms with Crippen molar-refractivity contribution in [2.75, 3.05) is 46.3 Å². The van der Waals surface area contributed by atoms with Gasteiger partial charge in [-0.3, -0.25) is 4.99 Å². The molecule has 144 valence electrons. The van der Waals surface area contributed by atoms with Gasteiger partial charge in [0.05, 0.1) is 0 Å². The van der Waals surface area contributed by atoms with E-state index in [2.05, 4.69) is 57.4 Å². The number of hydrogen-bond donors (Lipinski definition) is 1. The van der Waals surface area contributed by atoms with Crippen LogP contribution in [-0.4, -0.2) is 62.1 Å². The Morgan fingerprint density at radius 1 is 1.08 bits per heavy atom. The van der Waals surface area contributed by atoms with Gasteiger partial charge in [0.1, 0.15) is 0 Å². The number of piperidine rings is 1. The molecule has 2 heterocycles. The third kappa shape index (κ3) is 5.47. The van der Waals surface area contributed by atoms with Crippen LogP contribution in [0.2, 0.25) is 0 Å². The smallest absolute Gasteiger partial charge is 0.193 e. The highest BCUT2D eigenvalue weighted by Gasteiger charge is 2.24. The molecule has 3 rings (SSSR count). The molecule has 2 fully saturated rings. The number of nitrogens with one attached hydrogen (secondary N) is 1. The maximum absolute atomic E-state index is 4.55. The van der Waals surface area contributed by atoms with Crippen molar-refractivity contribution in [2.24, 2.45) is 16.8 Å². The van der Waals surface area contributed by atoms with Gasteiger partial charge >= 0.3 is 0 Å². The number of nitrogens with zero attached hydrogens (tertiary/aromatic N) is 3. The lowest BCUT2D eigenvalue weighted by molar-refractivity contribution is 0.257. The maximum atomic E-state index is 4.55. The van der Waals surface area contributed by atoms with E-state index in [0.29, 0.717) is 0 Å². The molecule has 2 aliphatic rings. The van der Waals surface area contributed by atoms with Gasteiger partial charge in [-0.05, 0) is 62.6 Å². The normalized spacial score (nSPS) is 22.8. The minimum Gasteiger partial charge on any atom is -0.356 e. The van der Waals surface area contributed by atoms with E-state index in [4.69, 9.17) is 0 Å². The quantitative estimate of drug-likeness (QED) is 0.627. The summed E-state index contributed by atoms with van der Waals surface area (Å²) in [4.78, 5) is 9.61. The topological polar surface area (TPSA) is 30.9 Å². The lowest BCUT2D eigenvalue weighted by atomic mass is 9.90. The van der Waals surface area contributed by atoms with E-state index in [9.17, 15) is 0 Å². The molecule has 4 heteroatoms. The average molecular weight is 357 g/mol. The summed E-state index contributed by atoms with van der Waals surface area (Å²) >= 11 is 0. The van der Waals surface area contributed by atoms with Gasteiger partial charge in [-0.15, -0.1) is 0 Å². The molecule has 1 unspecified atom stereocenters. The first-order chi connectivity index (χ1) is 12.8. The lowest BCUT2D eigenvalue weighted by Gasteiger charge is -2.34. The Morgan fingerprint density at radius 3 is 2.50 bits per heavy atom. The molecule has 4 nitrogen and oxygen atoms in total. The Bertz CT molecular complexity index is 549. The van der Waals surface area contributed by atoms with Gasteiger partial charge in [0.15, 0.2) is 5.96 Å². The standard InChI is InChI=1S/C22H36N4/c1-3-12-25-13-9-21(18-25)17-24-22(23-2)26-14-10-20(11-15-26)16-19-7-5-4-6-8-19/h4-8,20-21H,3,9-18H2,1-2H3,(H,23,24). The molecule has 0 saturated carbocycles. The molecular formula is C22H36N4. The monoisotopic (exact) mass is 356 g/mol. The number of aliphatic imine (C=N–C) groups is 1. The second-order valence-corrected chi connectivity index (χ2v) is 8.00. The van der Waals surface area contributed by atoms with Gasteiger partial charge in [-0.2, -0.15) is 0 Å². The SMILES string of the molecule is CCCN1CCC(CNC(=NC)N2CCC(Cc3ccccc3)CC2)C1. The van der Waals surface area contributed by atoms with Crippen molar-refractivity contribution in [3.8, 4) is 0 Å². The van der Waals surface area contributed by atoms with E-state index in [0.717, 1.165) is 37.4 Å². The Hall–Kier alpha value is -1.55. The Balaban J connectivity index is 1.40. The van der Waals surface area contributed by atoms with E-state index >= 15 is 0 Å². The third-order valence-corrected chi connectivity index (χ3v) is 5.95. The second-order valence-electron chi connectivity index (χ2n) is 8.00. The highest BCUT2D eigenvalue weighted by molar-refractivity contribution is 5.79. The van der Waals surface area contributed by atoms with Gasteiger partial charge in [-0.1, -0.05) is 37.3 Å². The summed E-state index contributed by atoms with van der Waals surface area (Å²) in [6.07, 6.45) is 6.34. The second kappa shape index (κ2) is 9.96. The van der Waals surface area contributed by atoms with E-state index in [1.807, 2.05) is 7.05 Å². The van der Waals surface area contributed by atoms with Gasteiger partial charge in [0.2, 0.25) is 0 Å². The molecule has 2 aliphatic heterocycles. The minimum atomic E-state index is 0.772. The molecule has 1 aromatic rings. The van der Waals surface area contributed by atoms with Crippen LogP contribution in [0.25, 0.3) is 0 Å². The van der Waals surface area contributed by atoms with Crippen LogP contribution in [0.4, 0.5) is 0 Å². The van der Waals surface area contributed by atoms with Crippen LogP contribution in [0.1, 0.15) is 38.2 Å². The van der Waals surface area contributed by atoms with Gasteiger partial charge in [0, 0.05) is 33.2 Å². The summed E-state index contributed by atoms with van der Waals surface area (Å²) < 4.78 is 0. The van der Waals surface area contributed by atoms with Crippen LogP contribution >= 0.6 is 0 Å². The molecule has 0 aliphatic carbocycles. The van der Waals surface area contributed by atoms with Gasteiger partial charge < -0.3 is 15.1 Å². The van der Waals surface area contributed by atoms with Crippen molar-refractivity contribution in [1.82, 2.24) is 15.1 Å². The minimum absolute atomic E-state index is 0.772. The summed E-state index contributed by atoms with van der Waals surface area (Å²) in [5.41, 5.74) is 1.48. The van der Waals surface area contributed by atoms with Gasteiger partial charge in [-0.25, -0.2) is 0 Å². The Labute approximate surface area is 159 Å². The van der Waals surface area contributed by atoms with E-state index in [1.165, 1.54) is 57.3 Å². The van der Waals surface area contributed by atoms with Crippen molar-refractivity contribution >= 4 is 5.96 Å². The third-order valence-electron chi connectivity index (χ3n) is 5.95. The van der Waals surface area contributed by atoms with Crippen LogP contribution in [0.15, 0.2) is 35.3 Å². The molecule has 2 saturated heterocycles. The largest absolute Gasteiger partial charge is 0.356 e. The zero-order valence-corrected chi connectivity index (χ0v) is 16.7. The zero-order valence-electron chi connectivity index (χ0n) is 16.7. The molecule has 0 amide bonds. The van der Waals surface area contributed by atoms with Crippen LogP contribution in [0.5, 0.6) is 0 Å². The highest BCUT2D eigenvalue weighted by atomic mass is 15.3. The fourth-order valence-electron chi connectivity index (χ4n) is 4.46. The Morgan fingerprint density at radius 2 is 1.81 bits per heavy atom. The molecule has 0 spiro atoms. The number of likely N-dealkylation sites (tertiary alicyclic amines) is 2. The van der Waals surface area contributed by atoms with Crippen LogP contribution in [-0.2, 0) is 6.42 Å². The first-order valence-electron chi connectivity index (χ1n) is 10.5. The fraction of sp³-hybridized carbons (Fsp3) is 0.682. The number of guanidine groups is 1. The van der Waals surface area contributed by atoms with Crippen molar-refractivity contribution in [3.05, 3.63) is 35.9 Å². The summed E-state index contributed by atoms with van der Waals surface area (Å²) in [5.74, 6) is 2.69. The predicted molar refractivity (Wildman–Crippen MR) is 111 cm³/mol. The van der Waals surface area contributed by atoms with Crippen LogP contribution in [0.3, 0.4) is 0 Å². The maximum Gasteiger partial charge on any atom is 0.193 e. The molecule has 0 aromatic heterocycles. The van der Waals surface area contributed by atoms with Crippen LogP contribution < -0.4 is 5.32 Å². The molecule has 0 bridgehead atoms. The summed E-state index contributed by atoms with van der Waals surface area (Å²) in [5, 5.41) is 3.66. The van der Waals surface area contributed by atoms with Crippen molar-refractivity contribution in [2.45, 2.75) is 39.0 Å². The molecule has 1 N–H and O–H groups in total. The van der Waals surface area contributed by atoms with E-state index in [1.54, 1.807) is 0 Å². The molecule has 26 heavy (non-hydrogen) atoms. The number of rotatable bonds is 6. The van der Waals surface area contributed by atoms with Crippen molar-refractivity contribution < 1.29 is 0 Å². The fourth-order valence-corrected chi connectivity index (χ4v) is 4.46. The van der Waals surface area contributed by atoms with Crippen LogP contribution in [0, 0.1) is 11.8 Å². The zero-order chi connectivity index (χ0) is 18.2. The highest BCUT2D eigenvalue weighted by Crippen LogP contribution is 2.22. The lowest BCUT2D eigenvalue weighted by Crippen LogP contribution is -2.47. The van der Waals surface area contributed by atoms with E-state index < -0.39 is 0 Å². The number of benzene rings is 1. The van der Waals surface area contributed by atoms with Gasteiger partial charge in [0.25, 0.3) is 0 Å². The summed E-state index contributed by atoms with van der Waals surface area (Å²) in [6, 6.07) is 10.9. The molecule has 1 atom stereocenters.